The summed E-state index contributed by atoms with van der Waals surface area (Å²) >= 11 is 1.91. The van der Waals surface area contributed by atoms with Gasteiger partial charge in [-0.05, 0) is 28.9 Å². The van der Waals surface area contributed by atoms with Crippen LogP contribution < -0.4 is 0 Å². The fraction of sp³-hybridized carbons (Fsp3) is 0.667. The summed E-state index contributed by atoms with van der Waals surface area (Å²) < 4.78 is 0. The smallest absolute Gasteiger partial charge is 0.223 e. The van der Waals surface area contributed by atoms with Crippen molar-refractivity contribution < 1.29 is 4.79 Å². The molecular formula is C21H31NOS. The maximum Gasteiger partial charge on any atom is 0.223 e. The van der Waals surface area contributed by atoms with E-state index in [0.29, 0.717) is 5.91 Å². The molecule has 132 valence electrons. The third kappa shape index (κ3) is 4.17. The molecule has 0 aromatic heterocycles. The Morgan fingerprint density at radius 3 is 2.46 bits per heavy atom. The molecule has 2 aliphatic rings. The SMILES string of the molecule is CC(C)(C)c1ccc([C@@H]2SCCN2C(=O)CCC2CCCC2)cc1. The molecule has 0 radical (unpaired) electrons. The summed E-state index contributed by atoms with van der Waals surface area (Å²) in [5, 5.41) is 0.218. The standard InChI is InChI=1S/C21H31NOS/c1-21(2,3)18-11-9-17(10-12-18)20-22(14-15-24-20)19(23)13-8-16-6-4-5-7-16/h9-12,16,20H,4-8,13-15H2,1-3H3/t20-/m0/s1. The summed E-state index contributed by atoms with van der Waals surface area (Å²) in [7, 11) is 0. The van der Waals surface area contributed by atoms with E-state index in [0.717, 1.165) is 31.1 Å². The van der Waals surface area contributed by atoms with Crippen LogP contribution in [0.3, 0.4) is 0 Å². The van der Waals surface area contributed by atoms with E-state index >= 15 is 0 Å². The molecule has 0 unspecified atom stereocenters. The predicted octanol–water partition coefficient (Wildman–Crippen LogP) is 5.53. The Morgan fingerprint density at radius 2 is 1.83 bits per heavy atom. The van der Waals surface area contributed by atoms with Gasteiger partial charge < -0.3 is 4.90 Å². The number of thioether (sulfide) groups is 1. The number of hydrogen-bond acceptors (Lipinski definition) is 2. The Morgan fingerprint density at radius 1 is 1.17 bits per heavy atom. The zero-order chi connectivity index (χ0) is 17.2. The lowest BCUT2D eigenvalue weighted by atomic mass is 9.86. The molecule has 3 heteroatoms. The molecule has 0 bridgehead atoms. The van der Waals surface area contributed by atoms with E-state index in [1.807, 2.05) is 11.8 Å². The molecule has 1 saturated carbocycles. The fourth-order valence-electron chi connectivity index (χ4n) is 3.92. The Labute approximate surface area is 151 Å². The second-order valence-corrected chi connectivity index (χ2v) is 9.56. The van der Waals surface area contributed by atoms with E-state index in [4.69, 9.17) is 0 Å². The van der Waals surface area contributed by atoms with Crippen molar-refractivity contribution in [2.45, 2.75) is 70.1 Å². The molecule has 1 amide bonds. The molecule has 2 nitrogen and oxygen atoms in total. The van der Waals surface area contributed by atoms with Crippen LogP contribution in [0, 0.1) is 5.92 Å². The highest BCUT2D eigenvalue weighted by Crippen LogP contribution is 2.39. The topological polar surface area (TPSA) is 20.3 Å². The van der Waals surface area contributed by atoms with Crippen LogP contribution in [0.15, 0.2) is 24.3 Å². The van der Waals surface area contributed by atoms with Crippen molar-refractivity contribution in [2.24, 2.45) is 5.92 Å². The van der Waals surface area contributed by atoms with Crippen LogP contribution in [0.5, 0.6) is 0 Å². The Kier molecular flexibility index (Phi) is 5.59. The molecule has 1 saturated heterocycles. The van der Waals surface area contributed by atoms with Crippen LogP contribution in [0.25, 0.3) is 0 Å². The summed E-state index contributed by atoms with van der Waals surface area (Å²) in [5.74, 6) is 2.21. The number of rotatable bonds is 4. The minimum atomic E-state index is 0.179. The van der Waals surface area contributed by atoms with Crippen molar-refractivity contribution in [3.63, 3.8) is 0 Å². The molecule has 3 rings (SSSR count). The molecule has 24 heavy (non-hydrogen) atoms. The monoisotopic (exact) mass is 345 g/mol. The molecule has 2 fully saturated rings. The van der Waals surface area contributed by atoms with Gasteiger partial charge in [0.1, 0.15) is 5.37 Å². The van der Waals surface area contributed by atoms with E-state index in [1.54, 1.807) is 0 Å². The first-order valence-corrected chi connectivity index (χ1v) is 10.5. The van der Waals surface area contributed by atoms with E-state index < -0.39 is 0 Å². The van der Waals surface area contributed by atoms with Crippen LogP contribution in [0.1, 0.15) is 75.8 Å². The lowest BCUT2D eigenvalue weighted by Crippen LogP contribution is -2.30. The lowest BCUT2D eigenvalue weighted by molar-refractivity contribution is -0.131. The molecule has 0 spiro atoms. The van der Waals surface area contributed by atoms with Crippen molar-refractivity contribution in [1.82, 2.24) is 4.90 Å². The Balaban J connectivity index is 1.62. The lowest BCUT2D eigenvalue weighted by Gasteiger charge is -2.26. The quantitative estimate of drug-likeness (QED) is 0.715. The molecule has 1 aromatic carbocycles. The third-order valence-corrected chi connectivity index (χ3v) is 6.78. The van der Waals surface area contributed by atoms with Crippen LogP contribution in [0.2, 0.25) is 0 Å². The molecule has 1 atom stereocenters. The zero-order valence-electron chi connectivity index (χ0n) is 15.4. The number of hydrogen-bond donors (Lipinski definition) is 0. The van der Waals surface area contributed by atoms with Gasteiger partial charge in [-0.25, -0.2) is 0 Å². The molecule has 0 N–H and O–H groups in total. The third-order valence-electron chi connectivity index (χ3n) is 5.51. The van der Waals surface area contributed by atoms with Gasteiger partial charge in [0.25, 0.3) is 0 Å². The number of carbonyl (C=O) groups is 1. The Hall–Kier alpha value is -0.960. The minimum Gasteiger partial charge on any atom is -0.326 e. The number of carbonyl (C=O) groups excluding carboxylic acids is 1. The van der Waals surface area contributed by atoms with E-state index in [-0.39, 0.29) is 10.8 Å². The molecule has 1 aliphatic carbocycles. The van der Waals surface area contributed by atoms with E-state index in [2.05, 4.69) is 49.9 Å². The minimum absolute atomic E-state index is 0.179. The average molecular weight is 346 g/mol. The van der Waals surface area contributed by atoms with E-state index in [1.165, 1.54) is 36.8 Å². The summed E-state index contributed by atoms with van der Waals surface area (Å²) in [6, 6.07) is 8.91. The van der Waals surface area contributed by atoms with Gasteiger partial charge >= 0.3 is 0 Å². The first kappa shape index (κ1) is 17.8. The van der Waals surface area contributed by atoms with Gasteiger partial charge in [0, 0.05) is 18.7 Å². The Bertz CT molecular complexity index is 554. The molecular weight excluding hydrogens is 314 g/mol. The second-order valence-electron chi connectivity index (χ2n) is 8.37. The molecule has 1 heterocycles. The zero-order valence-corrected chi connectivity index (χ0v) is 16.2. The maximum absolute atomic E-state index is 12.7. The van der Waals surface area contributed by atoms with Gasteiger partial charge in [0.05, 0.1) is 0 Å². The second kappa shape index (κ2) is 7.51. The first-order valence-electron chi connectivity index (χ1n) is 9.46. The van der Waals surface area contributed by atoms with Gasteiger partial charge in [-0.1, -0.05) is 70.7 Å². The fourth-order valence-corrected chi connectivity index (χ4v) is 5.20. The van der Waals surface area contributed by atoms with Crippen molar-refractivity contribution >= 4 is 17.7 Å². The highest BCUT2D eigenvalue weighted by Gasteiger charge is 2.31. The number of amides is 1. The van der Waals surface area contributed by atoms with Gasteiger partial charge in [0.2, 0.25) is 5.91 Å². The van der Waals surface area contributed by atoms with Gasteiger partial charge in [0.15, 0.2) is 0 Å². The highest BCUT2D eigenvalue weighted by atomic mass is 32.2. The van der Waals surface area contributed by atoms with Crippen molar-refractivity contribution in [3.05, 3.63) is 35.4 Å². The predicted molar refractivity (Wildman–Crippen MR) is 103 cm³/mol. The van der Waals surface area contributed by atoms with Crippen LogP contribution in [-0.4, -0.2) is 23.1 Å². The van der Waals surface area contributed by atoms with Crippen molar-refractivity contribution in [3.8, 4) is 0 Å². The first-order chi connectivity index (χ1) is 11.4. The maximum atomic E-state index is 12.7. The van der Waals surface area contributed by atoms with Gasteiger partial charge in [-0.2, -0.15) is 0 Å². The molecule has 1 aliphatic heterocycles. The van der Waals surface area contributed by atoms with Crippen molar-refractivity contribution in [2.75, 3.05) is 12.3 Å². The van der Waals surface area contributed by atoms with Crippen molar-refractivity contribution in [1.29, 1.82) is 0 Å². The summed E-state index contributed by atoms with van der Waals surface area (Å²) in [6.07, 6.45) is 7.22. The summed E-state index contributed by atoms with van der Waals surface area (Å²) in [5.41, 5.74) is 2.81. The summed E-state index contributed by atoms with van der Waals surface area (Å²) in [6.45, 7) is 7.63. The number of nitrogens with zero attached hydrogens (tertiary/aromatic N) is 1. The highest BCUT2D eigenvalue weighted by molar-refractivity contribution is 7.99. The average Bonchev–Trinajstić information content (AvgIpc) is 3.23. The summed E-state index contributed by atoms with van der Waals surface area (Å²) in [4.78, 5) is 14.8. The largest absolute Gasteiger partial charge is 0.326 e. The number of benzene rings is 1. The van der Waals surface area contributed by atoms with Gasteiger partial charge in [-0.3, -0.25) is 4.79 Å². The van der Waals surface area contributed by atoms with Crippen LogP contribution >= 0.6 is 11.8 Å². The molecule has 1 aromatic rings. The van der Waals surface area contributed by atoms with Gasteiger partial charge in [-0.15, -0.1) is 11.8 Å². The van der Waals surface area contributed by atoms with E-state index in [9.17, 15) is 4.79 Å². The van der Waals surface area contributed by atoms with Crippen LogP contribution in [0.4, 0.5) is 0 Å². The normalized spacial score (nSPS) is 22.3. The van der Waals surface area contributed by atoms with Crippen LogP contribution in [-0.2, 0) is 10.2 Å².